The minimum atomic E-state index is -0.573. The summed E-state index contributed by atoms with van der Waals surface area (Å²) in [7, 11) is 0. The molecule has 0 bridgehead atoms. The van der Waals surface area contributed by atoms with Crippen molar-refractivity contribution in [2.45, 2.75) is 19.6 Å². The minimum absolute atomic E-state index is 0.180. The maximum Gasteiger partial charge on any atom is 0.261 e. The summed E-state index contributed by atoms with van der Waals surface area (Å²) in [5.74, 6) is 1.20. The van der Waals surface area contributed by atoms with Crippen LogP contribution in [0.2, 0.25) is 0 Å². The van der Waals surface area contributed by atoms with Crippen molar-refractivity contribution < 1.29 is 13.9 Å². The van der Waals surface area contributed by atoms with Crippen LogP contribution in [0.5, 0.6) is 5.75 Å². The number of carbonyl (C=O) groups excluding carboxylic acids is 1. The number of benzene rings is 1. The highest BCUT2D eigenvalue weighted by atomic mass is 16.5. The predicted octanol–water partition coefficient (Wildman–Crippen LogP) is 2.84. The molecule has 3 rings (SSSR count). The number of fused-ring (bicyclic) bond motifs is 1. The molecule has 0 spiro atoms. The molecule has 0 fully saturated rings. The lowest BCUT2D eigenvalue weighted by atomic mass is 10.2. The SMILES string of the molecule is CC(Oc1ccc2[nH]ccc2c1)C(=O)NCc1ccco1. The Kier molecular flexibility index (Phi) is 3.64. The predicted molar refractivity (Wildman–Crippen MR) is 78.9 cm³/mol. The third-order valence-electron chi connectivity index (χ3n) is 3.22. The molecule has 1 amide bonds. The Hall–Kier alpha value is -2.69. The summed E-state index contributed by atoms with van der Waals surface area (Å²) in [5.41, 5.74) is 1.04. The molecular formula is C16H16N2O3. The van der Waals surface area contributed by atoms with Gasteiger partial charge in [-0.25, -0.2) is 0 Å². The summed E-state index contributed by atoms with van der Waals surface area (Å²) in [6.07, 6.45) is 2.87. The van der Waals surface area contributed by atoms with Crippen LogP contribution in [-0.2, 0) is 11.3 Å². The molecule has 0 aliphatic heterocycles. The van der Waals surface area contributed by atoms with Gasteiger partial charge in [0.25, 0.3) is 5.91 Å². The van der Waals surface area contributed by atoms with Crippen molar-refractivity contribution in [2.24, 2.45) is 0 Å². The zero-order valence-electron chi connectivity index (χ0n) is 11.6. The largest absolute Gasteiger partial charge is 0.481 e. The van der Waals surface area contributed by atoms with Gasteiger partial charge >= 0.3 is 0 Å². The van der Waals surface area contributed by atoms with Gasteiger partial charge in [0, 0.05) is 17.1 Å². The molecule has 2 heterocycles. The highest BCUT2D eigenvalue weighted by molar-refractivity contribution is 5.82. The number of hydrogen-bond donors (Lipinski definition) is 2. The molecule has 0 saturated heterocycles. The number of hydrogen-bond acceptors (Lipinski definition) is 3. The Morgan fingerprint density at radius 3 is 3.10 bits per heavy atom. The fourth-order valence-corrected chi connectivity index (χ4v) is 2.09. The average Bonchev–Trinajstić information content (AvgIpc) is 3.15. The van der Waals surface area contributed by atoms with Gasteiger partial charge in [-0.1, -0.05) is 0 Å². The molecule has 2 N–H and O–H groups in total. The van der Waals surface area contributed by atoms with Crippen LogP contribution in [0.4, 0.5) is 0 Å². The number of carbonyl (C=O) groups is 1. The van der Waals surface area contributed by atoms with Gasteiger partial charge in [-0.2, -0.15) is 0 Å². The molecule has 5 nitrogen and oxygen atoms in total. The summed E-state index contributed by atoms with van der Waals surface area (Å²) in [6, 6.07) is 11.2. The van der Waals surface area contributed by atoms with E-state index < -0.39 is 6.10 Å². The number of rotatable bonds is 5. The third kappa shape index (κ3) is 3.08. The molecule has 108 valence electrons. The van der Waals surface area contributed by atoms with Crippen molar-refractivity contribution in [1.29, 1.82) is 0 Å². The number of ether oxygens (including phenoxy) is 1. The van der Waals surface area contributed by atoms with E-state index in [0.717, 1.165) is 10.9 Å². The van der Waals surface area contributed by atoms with Gasteiger partial charge in [0.1, 0.15) is 11.5 Å². The van der Waals surface area contributed by atoms with E-state index >= 15 is 0 Å². The monoisotopic (exact) mass is 284 g/mol. The molecule has 0 aliphatic rings. The van der Waals surface area contributed by atoms with E-state index in [0.29, 0.717) is 18.1 Å². The standard InChI is InChI=1S/C16H16N2O3/c1-11(16(19)18-10-14-3-2-8-20-14)21-13-4-5-15-12(9-13)6-7-17-15/h2-9,11,17H,10H2,1H3,(H,18,19). The Bertz CT molecular complexity index is 731. The fourth-order valence-electron chi connectivity index (χ4n) is 2.09. The van der Waals surface area contributed by atoms with Gasteiger partial charge in [0.05, 0.1) is 12.8 Å². The van der Waals surface area contributed by atoms with E-state index in [9.17, 15) is 4.79 Å². The molecular weight excluding hydrogens is 268 g/mol. The van der Waals surface area contributed by atoms with Crippen molar-refractivity contribution in [3.63, 3.8) is 0 Å². The third-order valence-corrected chi connectivity index (χ3v) is 3.22. The van der Waals surface area contributed by atoms with Crippen LogP contribution in [0.25, 0.3) is 10.9 Å². The molecule has 2 aromatic heterocycles. The lowest BCUT2D eigenvalue weighted by Gasteiger charge is -2.14. The Morgan fingerprint density at radius 2 is 2.29 bits per heavy atom. The van der Waals surface area contributed by atoms with Gasteiger partial charge in [-0.3, -0.25) is 4.79 Å². The molecule has 0 aliphatic carbocycles. The van der Waals surface area contributed by atoms with Gasteiger partial charge in [0.15, 0.2) is 6.10 Å². The second-order valence-electron chi connectivity index (χ2n) is 4.78. The number of H-pyrrole nitrogens is 1. The van der Waals surface area contributed by atoms with Crippen LogP contribution in [-0.4, -0.2) is 17.0 Å². The fraction of sp³-hybridized carbons (Fsp3) is 0.188. The lowest BCUT2D eigenvalue weighted by molar-refractivity contribution is -0.127. The van der Waals surface area contributed by atoms with Crippen molar-refractivity contribution in [2.75, 3.05) is 0 Å². The van der Waals surface area contributed by atoms with E-state index in [1.165, 1.54) is 0 Å². The first-order valence-corrected chi connectivity index (χ1v) is 6.76. The highest BCUT2D eigenvalue weighted by Gasteiger charge is 2.15. The zero-order valence-corrected chi connectivity index (χ0v) is 11.6. The first-order chi connectivity index (χ1) is 10.2. The Balaban J connectivity index is 1.59. The van der Waals surface area contributed by atoms with Crippen LogP contribution in [0.15, 0.2) is 53.3 Å². The van der Waals surface area contributed by atoms with E-state index in [2.05, 4.69) is 10.3 Å². The van der Waals surface area contributed by atoms with Crippen LogP contribution < -0.4 is 10.1 Å². The molecule has 0 saturated carbocycles. The average molecular weight is 284 g/mol. The smallest absolute Gasteiger partial charge is 0.261 e. The first kappa shape index (κ1) is 13.3. The molecule has 1 aromatic carbocycles. The van der Waals surface area contributed by atoms with E-state index in [1.807, 2.05) is 36.5 Å². The van der Waals surface area contributed by atoms with Crippen LogP contribution >= 0.6 is 0 Å². The van der Waals surface area contributed by atoms with Crippen LogP contribution in [0.3, 0.4) is 0 Å². The van der Waals surface area contributed by atoms with E-state index in [-0.39, 0.29) is 5.91 Å². The van der Waals surface area contributed by atoms with Crippen LogP contribution in [0, 0.1) is 0 Å². The highest BCUT2D eigenvalue weighted by Crippen LogP contribution is 2.20. The van der Waals surface area contributed by atoms with Gasteiger partial charge in [0.2, 0.25) is 0 Å². The Morgan fingerprint density at radius 1 is 1.38 bits per heavy atom. The molecule has 5 heteroatoms. The molecule has 1 unspecified atom stereocenters. The number of furan rings is 1. The minimum Gasteiger partial charge on any atom is -0.481 e. The van der Waals surface area contributed by atoms with Crippen molar-refractivity contribution in [3.05, 3.63) is 54.6 Å². The number of amides is 1. The van der Waals surface area contributed by atoms with Crippen LogP contribution in [0.1, 0.15) is 12.7 Å². The van der Waals surface area contributed by atoms with Crippen molar-refractivity contribution >= 4 is 16.8 Å². The number of aromatic nitrogens is 1. The molecule has 1 atom stereocenters. The summed E-state index contributed by atoms with van der Waals surface area (Å²) >= 11 is 0. The zero-order chi connectivity index (χ0) is 14.7. The van der Waals surface area contributed by atoms with Gasteiger partial charge in [-0.15, -0.1) is 0 Å². The maximum atomic E-state index is 12.0. The molecule has 21 heavy (non-hydrogen) atoms. The van der Waals surface area contributed by atoms with Crippen molar-refractivity contribution in [3.8, 4) is 5.75 Å². The summed E-state index contributed by atoms with van der Waals surface area (Å²) in [5, 5.41) is 3.82. The first-order valence-electron chi connectivity index (χ1n) is 6.76. The van der Waals surface area contributed by atoms with Gasteiger partial charge in [-0.05, 0) is 43.3 Å². The lowest BCUT2D eigenvalue weighted by Crippen LogP contribution is -2.35. The summed E-state index contributed by atoms with van der Waals surface area (Å²) < 4.78 is 10.8. The normalized spacial score (nSPS) is 12.2. The van der Waals surface area contributed by atoms with E-state index in [4.69, 9.17) is 9.15 Å². The quantitative estimate of drug-likeness (QED) is 0.757. The van der Waals surface area contributed by atoms with Gasteiger partial charge < -0.3 is 19.5 Å². The molecule has 0 radical (unpaired) electrons. The Labute approximate surface area is 121 Å². The maximum absolute atomic E-state index is 12.0. The summed E-state index contributed by atoms with van der Waals surface area (Å²) in [6.45, 7) is 2.08. The topological polar surface area (TPSA) is 67.3 Å². The molecule has 3 aromatic rings. The second kappa shape index (κ2) is 5.75. The van der Waals surface area contributed by atoms with Crippen molar-refractivity contribution in [1.82, 2.24) is 10.3 Å². The van der Waals surface area contributed by atoms with E-state index in [1.54, 1.807) is 19.3 Å². The second-order valence-corrected chi connectivity index (χ2v) is 4.78. The number of nitrogens with one attached hydrogen (secondary N) is 2. The number of aromatic amines is 1. The summed E-state index contributed by atoms with van der Waals surface area (Å²) in [4.78, 5) is 15.1.